The summed E-state index contributed by atoms with van der Waals surface area (Å²) in [6.07, 6.45) is 0.246. The average Bonchev–Trinajstić information content (AvgIpc) is 2.84. The molecule has 0 aliphatic carbocycles. The maximum atomic E-state index is 12.5. The van der Waals surface area contributed by atoms with Gasteiger partial charge in [0.15, 0.2) is 0 Å². The molecule has 124 valence electrons. The molecule has 1 aromatic carbocycles. The molecule has 3 rings (SSSR count). The number of para-hydroxylation sites is 1. The molecule has 6 nitrogen and oxygen atoms in total. The number of carbonyl (C=O) groups is 2. The van der Waals surface area contributed by atoms with Gasteiger partial charge in [-0.1, -0.05) is 18.2 Å². The molecule has 1 N–H and O–H groups in total. The van der Waals surface area contributed by atoms with E-state index < -0.39 is 6.04 Å². The SMILES string of the molecule is CN1CCN(CCNC2CC(=O)N(c3ccccc3)C2=O)CC1. The molecule has 2 aliphatic heterocycles. The second-order valence-corrected chi connectivity index (χ2v) is 6.26. The summed E-state index contributed by atoms with van der Waals surface area (Å²) in [5.41, 5.74) is 0.658. The Bertz CT molecular complexity index is 555. The number of benzene rings is 1. The van der Waals surface area contributed by atoms with E-state index in [1.165, 1.54) is 4.90 Å². The van der Waals surface area contributed by atoms with Crippen LogP contribution in [0, 0.1) is 0 Å². The lowest BCUT2D eigenvalue weighted by molar-refractivity contribution is -0.121. The summed E-state index contributed by atoms with van der Waals surface area (Å²) in [6, 6.07) is 8.74. The summed E-state index contributed by atoms with van der Waals surface area (Å²) in [6.45, 7) is 5.94. The minimum absolute atomic E-state index is 0.127. The number of nitrogens with zero attached hydrogens (tertiary/aromatic N) is 3. The van der Waals surface area contributed by atoms with Crippen molar-refractivity contribution in [2.45, 2.75) is 12.5 Å². The smallest absolute Gasteiger partial charge is 0.251 e. The van der Waals surface area contributed by atoms with E-state index in [1.54, 1.807) is 12.1 Å². The molecule has 2 amide bonds. The van der Waals surface area contributed by atoms with Crippen molar-refractivity contribution < 1.29 is 9.59 Å². The molecule has 2 fully saturated rings. The van der Waals surface area contributed by atoms with Gasteiger partial charge in [-0.05, 0) is 19.2 Å². The van der Waals surface area contributed by atoms with Gasteiger partial charge in [0.1, 0.15) is 0 Å². The fourth-order valence-corrected chi connectivity index (χ4v) is 3.11. The number of hydrogen-bond donors (Lipinski definition) is 1. The first-order valence-corrected chi connectivity index (χ1v) is 8.21. The lowest BCUT2D eigenvalue weighted by atomic mass is 10.2. The van der Waals surface area contributed by atoms with Crippen molar-refractivity contribution in [2.24, 2.45) is 0 Å². The van der Waals surface area contributed by atoms with E-state index in [0.717, 1.165) is 39.3 Å². The highest BCUT2D eigenvalue weighted by Crippen LogP contribution is 2.22. The number of piperazine rings is 1. The average molecular weight is 316 g/mol. The number of nitrogens with one attached hydrogen (secondary N) is 1. The highest BCUT2D eigenvalue weighted by Gasteiger charge is 2.39. The van der Waals surface area contributed by atoms with E-state index in [0.29, 0.717) is 5.69 Å². The van der Waals surface area contributed by atoms with Gasteiger partial charge in [0, 0.05) is 39.3 Å². The van der Waals surface area contributed by atoms with Crippen LogP contribution >= 0.6 is 0 Å². The first kappa shape index (κ1) is 16.1. The van der Waals surface area contributed by atoms with E-state index in [4.69, 9.17) is 0 Å². The van der Waals surface area contributed by atoms with Gasteiger partial charge < -0.3 is 10.2 Å². The van der Waals surface area contributed by atoms with E-state index in [-0.39, 0.29) is 18.2 Å². The van der Waals surface area contributed by atoms with Crippen molar-refractivity contribution in [1.29, 1.82) is 0 Å². The molecule has 6 heteroatoms. The zero-order valence-electron chi connectivity index (χ0n) is 13.6. The molecule has 1 atom stereocenters. The summed E-state index contributed by atoms with van der Waals surface area (Å²) in [4.78, 5) is 30.6. The highest BCUT2D eigenvalue weighted by atomic mass is 16.2. The van der Waals surface area contributed by atoms with Gasteiger partial charge in [-0.25, -0.2) is 4.90 Å². The maximum absolute atomic E-state index is 12.5. The van der Waals surface area contributed by atoms with Crippen molar-refractivity contribution in [3.63, 3.8) is 0 Å². The van der Waals surface area contributed by atoms with E-state index in [9.17, 15) is 9.59 Å². The van der Waals surface area contributed by atoms with Gasteiger partial charge in [0.25, 0.3) is 5.91 Å². The molecule has 0 saturated carbocycles. The Balaban J connectivity index is 1.50. The zero-order chi connectivity index (χ0) is 16.2. The van der Waals surface area contributed by atoms with Crippen molar-refractivity contribution in [3.05, 3.63) is 30.3 Å². The number of carbonyl (C=O) groups excluding carboxylic acids is 2. The van der Waals surface area contributed by atoms with Crippen LogP contribution in [-0.2, 0) is 9.59 Å². The Kier molecular flexibility index (Phi) is 5.05. The largest absolute Gasteiger partial charge is 0.304 e. The molecule has 1 aromatic rings. The predicted molar refractivity (Wildman–Crippen MR) is 89.3 cm³/mol. The second-order valence-electron chi connectivity index (χ2n) is 6.26. The van der Waals surface area contributed by atoms with Gasteiger partial charge >= 0.3 is 0 Å². The molecule has 1 unspecified atom stereocenters. The summed E-state index contributed by atoms with van der Waals surface area (Å²) in [7, 11) is 2.14. The lowest BCUT2D eigenvalue weighted by Gasteiger charge is -2.32. The van der Waals surface area contributed by atoms with E-state index in [1.807, 2.05) is 18.2 Å². The predicted octanol–water partition coefficient (Wildman–Crippen LogP) is 0.156. The number of likely N-dealkylation sites (N-methyl/N-ethyl adjacent to an activating group) is 1. The Morgan fingerprint density at radius 1 is 1.09 bits per heavy atom. The quantitative estimate of drug-likeness (QED) is 0.784. The third kappa shape index (κ3) is 3.77. The van der Waals surface area contributed by atoms with Crippen LogP contribution in [0.25, 0.3) is 0 Å². The van der Waals surface area contributed by atoms with Crippen molar-refractivity contribution in [3.8, 4) is 0 Å². The van der Waals surface area contributed by atoms with E-state index >= 15 is 0 Å². The standard InChI is InChI=1S/C17H24N4O2/c1-19-9-11-20(12-10-19)8-7-18-15-13-16(22)21(17(15)23)14-5-3-2-4-6-14/h2-6,15,18H,7-13H2,1H3. The first-order chi connectivity index (χ1) is 11.1. The van der Waals surface area contributed by atoms with Gasteiger partial charge in [-0.3, -0.25) is 14.5 Å². The number of amides is 2. The molecule has 2 aliphatic rings. The highest BCUT2D eigenvalue weighted by molar-refractivity contribution is 6.22. The number of rotatable bonds is 5. The normalized spacial score (nSPS) is 23.7. The van der Waals surface area contributed by atoms with Crippen molar-refractivity contribution in [1.82, 2.24) is 15.1 Å². The summed E-state index contributed by atoms with van der Waals surface area (Å²) < 4.78 is 0. The Morgan fingerprint density at radius 2 is 1.78 bits per heavy atom. The third-order valence-corrected chi connectivity index (χ3v) is 4.58. The van der Waals surface area contributed by atoms with Crippen LogP contribution in [0.15, 0.2) is 30.3 Å². The monoisotopic (exact) mass is 316 g/mol. The first-order valence-electron chi connectivity index (χ1n) is 8.21. The van der Waals surface area contributed by atoms with Crippen LogP contribution in [-0.4, -0.2) is 74.0 Å². The van der Waals surface area contributed by atoms with Crippen LogP contribution in [0.5, 0.6) is 0 Å². The lowest BCUT2D eigenvalue weighted by Crippen LogP contribution is -2.48. The van der Waals surface area contributed by atoms with Gasteiger partial charge in [0.2, 0.25) is 5.91 Å². The second kappa shape index (κ2) is 7.21. The molecule has 0 aromatic heterocycles. The fraction of sp³-hybridized carbons (Fsp3) is 0.529. The molecule has 23 heavy (non-hydrogen) atoms. The molecular weight excluding hydrogens is 292 g/mol. The zero-order valence-corrected chi connectivity index (χ0v) is 13.6. The maximum Gasteiger partial charge on any atom is 0.251 e. The Morgan fingerprint density at radius 3 is 2.48 bits per heavy atom. The van der Waals surface area contributed by atoms with Crippen LogP contribution in [0.4, 0.5) is 5.69 Å². The molecular formula is C17H24N4O2. The van der Waals surface area contributed by atoms with Gasteiger partial charge in [-0.2, -0.15) is 0 Å². The van der Waals surface area contributed by atoms with Crippen molar-refractivity contribution >= 4 is 17.5 Å². The molecule has 2 saturated heterocycles. The molecule has 0 spiro atoms. The van der Waals surface area contributed by atoms with Crippen LogP contribution in [0.2, 0.25) is 0 Å². The minimum atomic E-state index is -0.393. The molecule has 0 radical (unpaired) electrons. The van der Waals surface area contributed by atoms with Crippen LogP contribution < -0.4 is 10.2 Å². The van der Waals surface area contributed by atoms with Gasteiger partial charge in [0.05, 0.1) is 18.2 Å². The summed E-state index contributed by atoms with van der Waals surface area (Å²) in [5, 5.41) is 3.25. The van der Waals surface area contributed by atoms with Crippen LogP contribution in [0.1, 0.15) is 6.42 Å². The fourth-order valence-electron chi connectivity index (χ4n) is 3.11. The van der Waals surface area contributed by atoms with E-state index in [2.05, 4.69) is 22.2 Å². The minimum Gasteiger partial charge on any atom is -0.304 e. The third-order valence-electron chi connectivity index (χ3n) is 4.58. The summed E-state index contributed by atoms with van der Waals surface area (Å²) >= 11 is 0. The van der Waals surface area contributed by atoms with Crippen molar-refractivity contribution in [2.75, 3.05) is 51.2 Å². The number of hydrogen-bond acceptors (Lipinski definition) is 5. The summed E-state index contributed by atoms with van der Waals surface area (Å²) in [5.74, 6) is -0.266. The Labute approximate surface area is 137 Å². The van der Waals surface area contributed by atoms with Crippen LogP contribution in [0.3, 0.4) is 0 Å². The number of imide groups is 1. The number of anilines is 1. The molecule has 0 bridgehead atoms. The topological polar surface area (TPSA) is 55.9 Å². The molecule has 2 heterocycles. The Hall–Kier alpha value is -1.76. The van der Waals surface area contributed by atoms with Gasteiger partial charge in [-0.15, -0.1) is 0 Å².